The number of hydrogen-bond donors (Lipinski definition) is 2. The van der Waals surface area contributed by atoms with Gasteiger partial charge in [-0.3, -0.25) is 0 Å². The number of aromatic nitrogens is 1. The van der Waals surface area contributed by atoms with E-state index in [9.17, 15) is 0 Å². The number of hydrogen-bond acceptors (Lipinski definition) is 5. The van der Waals surface area contributed by atoms with Crippen LogP contribution >= 0.6 is 11.3 Å². The molecule has 0 fully saturated rings. The summed E-state index contributed by atoms with van der Waals surface area (Å²) in [4.78, 5) is 7.23. The van der Waals surface area contributed by atoms with Gasteiger partial charge >= 0.3 is 0 Å². The monoisotopic (exact) mass is 201 g/mol. The second kappa shape index (κ2) is 4.04. The van der Waals surface area contributed by atoms with Crippen LogP contribution in [0.5, 0.6) is 0 Å². The topological polar surface area (TPSA) is 62.4 Å². The van der Waals surface area contributed by atoms with Crippen molar-refractivity contribution in [1.29, 1.82) is 0 Å². The number of aliphatic hydroxyl groups is 1. The lowest BCUT2D eigenvalue weighted by Crippen LogP contribution is -2.13. The first-order chi connectivity index (χ1) is 6.06. The molecular formula is C8H15N3OS. The minimum Gasteiger partial charge on any atom is -0.394 e. The smallest absolute Gasteiger partial charge is 0.185 e. The fourth-order valence-corrected chi connectivity index (χ4v) is 1.99. The average molecular weight is 201 g/mol. The first-order valence-electron chi connectivity index (χ1n) is 4.07. The molecule has 1 atom stereocenters. The summed E-state index contributed by atoms with van der Waals surface area (Å²) in [5, 5.41) is 9.83. The summed E-state index contributed by atoms with van der Waals surface area (Å²) in [6, 6.07) is -0.300. The van der Waals surface area contributed by atoms with E-state index in [1.54, 1.807) is 0 Å². The molecule has 1 heterocycles. The molecule has 0 aliphatic heterocycles. The van der Waals surface area contributed by atoms with E-state index in [0.717, 1.165) is 15.7 Å². The van der Waals surface area contributed by atoms with Crippen molar-refractivity contribution in [3.05, 3.63) is 10.6 Å². The molecule has 0 aromatic carbocycles. The highest BCUT2D eigenvalue weighted by atomic mass is 32.1. The number of nitrogens with two attached hydrogens (primary N) is 1. The van der Waals surface area contributed by atoms with Gasteiger partial charge in [0.05, 0.1) is 18.3 Å². The van der Waals surface area contributed by atoms with Gasteiger partial charge in [0.25, 0.3) is 0 Å². The minimum absolute atomic E-state index is 0.0318. The fourth-order valence-electron chi connectivity index (χ4n) is 1.01. The summed E-state index contributed by atoms with van der Waals surface area (Å²) < 4.78 is 0. The molecule has 13 heavy (non-hydrogen) atoms. The predicted octanol–water partition coefficient (Wildman–Crippen LogP) is 0.510. The van der Waals surface area contributed by atoms with Crippen LogP contribution in [-0.2, 0) is 0 Å². The SMILES string of the molecule is Cc1nc(N(C)C)sc1C(N)CO. The van der Waals surface area contributed by atoms with Gasteiger partial charge in [-0.25, -0.2) is 4.98 Å². The van der Waals surface area contributed by atoms with E-state index in [2.05, 4.69) is 4.98 Å². The van der Waals surface area contributed by atoms with Crippen molar-refractivity contribution in [3.63, 3.8) is 0 Å². The largest absolute Gasteiger partial charge is 0.394 e. The summed E-state index contributed by atoms with van der Waals surface area (Å²) in [7, 11) is 3.87. The summed E-state index contributed by atoms with van der Waals surface area (Å²) in [6.45, 7) is 1.88. The summed E-state index contributed by atoms with van der Waals surface area (Å²) in [5.74, 6) is 0. The molecule has 0 spiro atoms. The maximum atomic E-state index is 8.90. The molecule has 5 heteroatoms. The predicted molar refractivity (Wildman–Crippen MR) is 55.2 cm³/mol. The number of aryl methyl sites for hydroxylation is 1. The third-order valence-electron chi connectivity index (χ3n) is 1.74. The normalized spacial score (nSPS) is 13.0. The van der Waals surface area contributed by atoms with Crippen molar-refractivity contribution >= 4 is 16.5 Å². The molecule has 0 bridgehead atoms. The van der Waals surface area contributed by atoms with E-state index in [1.165, 1.54) is 11.3 Å². The molecule has 0 aliphatic rings. The van der Waals surface area contributed by atoms with Gasteiger partial charge in [0.1, 0.15) is 0 Å². The molecule has 1 aromatic heterocycles. The van der Waals surface area contributed by atoms with Crippen LogP contribution in [0.2, 0.25) is 0 Å². The number of thiazole rings is 1. The third-order valence-corrected chi connectivity index (χ3v) is 3.19. The minimum atomic E-state index is -0.300. The van der Waals surface area contributed by atoms with Gasteiger partial charge in [0.15, 0.2) is 5.13 Å². The molecular weight excluding hydrogens is 186 g/mol. The van der Waals surface area contributed by atoms with E-state index in [0.29, 0.717) is 0 Å². The highest BCUT2D eigenvalue weighted by Crippen LogP contribution is 2.28. The molecule has 1 unspecified atom stereocenters. The van der Waals surface area contributed by atoms with Crippen molar-refractivity contribution in [2.45, 2.75) is 13.0 Å². The Balaban J connectivity index is 2.96. The van der Waals surface area contributed by atoms with E-state index in [4.69, 9.17) is 10.8 Å². The van der Waals surface area contributed by atoms with E-state index >= 15 is 0 Å². The molecule has 4 nitrogen and oxygen atoms in total. The summed E-state index contributed by atoms with van der Waals surface area (Å²) in [5.41, 5.74) is 6.62. The fraction of sp³-hybridized carbons (Fsp3) is 0.625. The lowest BCUT2D eigenvalue weighted by atomic mass is 10.2. The van der Waals surface area contributed by atoms with Crippen LogP contribution in [0.3, 0.4) is 0 Å². The number of anilines is 1. The summed E-state index contributed by atoms with van der Waals surface area (Å²) in [6.07, 6.45) is 0. The maximum absolute atomic E-state index is 8.90. The molecule has 1 rings (SSSR count). The highest BCUT2D eigenvalue weighted by Gasteiger charge is 2.14. The Hall–Kier alpha value is -0.650. The summed E-state index contributed by atoms with van der Waals surface area (Å²) >= 11 is 1.53. The van der Waals surface area contributed by atoms with E-state index in [1.807, 2.05) is 25.9 Å². The van der Waals surface area contributed by atoms with Gasteiger partial charge < -0.3 is 15.7 Å². The Morgan fingerprint density at radius 1 is 1.62 bits per heavy atom. The molecule has 74 valence electrons. The van der Waals surface area contributed by atoms with Crippen LogP contribution < -0.4 is 10.6 Å². The zero-order valence-electron chi connectivity index (χ0n) is 8.11. The Bertz CT molecular complexity index is 285. The molecule has 0 saturated carbocycles. The second-order valence-corrected chi connectivity index (χ2v) is 4.14. The van der Waals surface area contributed by atoms with Crippen molar-refractivity contribution in [3.8, 4) is 0 Å². The molecule has 3 N–H and O–H groups in total. The number of rotatable bonds is 3. The Morgan fingerprint density at radius 3 is 2.62 bits per heavy atom. The molecule has 0 amide bonds. The zero-order chi connectivity index (χ0) is 10.0. The maximum Gasteiger partial charge on any atom is 0.185 e. The molecule has 0 saturated heterocycles. The van der Waals surface area contributed by atoms with Crippen LogP contribution in [0.4, 0.5) is 5.13 Å². The van der Waals surface area contributed by atoms with E-state index in [-0.39, 0.29) is 12.6 Å². The van der Waals surface area contributed by atoms with Crippen LogP contribution in [0.1, 0.15) is 16.6 Å². The van der Waals surface area contributed by atoms with Crippen LogP contribution in [0, 0.1) is 6.92 Å². The Labute approximate surface area is 82.0 Å². The lowest BCUT2D eigenvalue weighted by Gasteiger charge is -2.06. The standard InChI is InChI=1S/C8H15N3OS/c1-5-7(6(9)4-12)13-8(10-5)11(2)3/h6,12H,4,9H2,1-3H3. The van der Waals surface area contributed by atoms with Gasteiger partial charge in [0.2, 0.25) is 0 Å². The molecule has 1 aromatic rings. The van der Waals surface area contributed by atoms with Crippen molar-refractivity contribution < 1.29 is 5.11 Å². The van der Waals surface area contributed by atoms with Gasteiger partial charge in [-0.05, 0) is 6.92 Å². The Morgan fingerprint density at radius 2 is 2.23 bits per heavy atom. The van der Waals surface area contributed by atoms with Crippen molar-refractivity contribution in [1.82, 2.24) is 4.98 Å². The zero-order valence-corrected chi connectivity index (χ0v) is 8.93. The third kappa shape index (κ3) is 2.18. The molecule has 0 radical (unpaired) electrons. The second-order valence-electron chi connectivity index (χ2n) is 3.13. The van der Waals surface area contributed by atoms with E-state index < -0.39 is 0 Å². The Kier molecular flexibility index (Phi) is 3.24. The first kappa shape index (κ1) is 10.4. The van der Waals surface area contributed by atoms with Crippen LogP contribution in [0.25, 0.3) is 0 Å². The van der Waals surface area contributed by atoms with Crippen LogP contribution in [0.15, 0.2) is 0 Å². The average Bonchev–Trinajstić information content (AvgIpc) is 2.46. The quantitative estimate of drug-likeness (QED) is 0.748. The number of nitrogens with zero attached hydrogens (tertiary/aromatic N) is 2. The highest BCUT2D eigenvalue weighted by molar-refractivity contribution is 7.15. The lowest BCUT2D eigenvalue weighted by molar-refractivity contribution is 0.269. The van der Waals surface area contributed by atoms with Crippen molar-refractivity contribution in [2.24, 2.45) is 5.73 Å². The van der Waals surface area contributed by atoms with Gasteiger partial charge in [0, 0.05) is 19.0 Å². The van der Waals surface area contributed by atoms with Gasteiger partial charge in [-0.1, -0.05) is 11.3 Å². The molecule has 0 aliphatic carbocycles. The number of aliphatic hydroxyl groups excluding tert-OH is 1. The van der Waals surface area contributed by atoms with Gasteiger partial charge in [-0.15, -0.1) is 0 Å². The first-order valence-corrected chi connectivity index (χ1v) is 4.89. The van der Waals surface area contributed by atoms with Crippen molar-refractivity contribution in [2.75, 3.05) is 25.6 Å². The van der Waals surface area contributed by atoms with Crippen LogP contribution in [-0.4, -0.2) is 30.8 Å². The van der Waals surface area contributed by atoms with Gasteiger partial charge in [-0.2, -0.15) is 0 Å².